The number of rotatable bonds is 7. The van der Waals surface area contributed by atoms with Gasteiger partial charge in [0.25, 0.3) is 5.91 Å². The average molecular weight is 382 g/mol. The van der Waals surface area contributed by atoms with Gasteiger partial charge in [0, 0.05) is 29.6 Å². The quantitative estimate of drug-likeness (QED) is 0.669. The van der Waals surface area contributed by atoms with E-state index in [0.29, 0.717) is 28.8 Å². The summed E-state index contributed by atoms with van der Waals surface area (Å²) in [5.74, 6) is 1.54. The van der Waals surface area contributed by atoms with Gasteiger partial charge in [0.1, 0.15) is 17.5 Å². The molecule has 3 rings (SSSR count). The van der Waals surface area contributed by atoms with Crippen molar-refractivity contribution in [2.75, 3.05) is 14.2 Å². The van der Waals surface area contributed by atoms with Crippen molar-refractivity contribution in [3.05, 3.63) is 54.2 Å². The van der Waals surface area contributed by atoms with Crippen molar-refractivity contribution >= 4 is 5.91 Å². The van der Waals surface area contributed by atoms with Crippen LogP contribution in [-0.2, 0) is 0 Å². The number of pyridine rings is 1. The van der Waals surface area contributed by atoms with Crippen LogP contribution in [0.2, 0.25) is 0 Å². The van der Waals surface area contributed by atoms with Gasteiger partial charge >= 0.3 is 0 Å². The molecule has 8 heteroatoms. The van der Waals surface area contributed by atoms with E-state index in [9.17, 15) is 4.79 Å². The molecule has 0 radical (unpaired) electrons. The van der Waals surface area contributed by atoms with Gasteiger partial charge in [-0.3, -0.25) is 9.78 Å². The number of benzene rings is 1. The molecule has 0 spiro atoms. The van der Waals surface area contributed by atoms with Crippen molar-refractivity contribution in [2.45, 2.75) is 19.9 Å². The smallest absolute Gasteiger partial charge is 0.252 e. The van der Waals surface area contributed by atoms with Gasteiger partial charge in [0.2, 0.25) is 11.7 Å². The second kappa shape index (κ2) is 8.51. The van der Waals surface area contributed by atoms with E-state index in [1.54, 1.807) is 36.7 Å². The summed E-state index contributed by atoms with van der Waals surface area (Å²) < 4.78 is 15.9. The highest BCUT2D eigenvalue weighted by Gasteiger charge is 2.26. The fraction of sp³-hybridized carbons (Fsp3) is 0.300. The molecule has 8 nitrogen and oxygen atoms in total. The molecular formula is C20H22N4O4. The van der Waals surface area contributed by atoms with Gasteiger partial charge in [-0.15, -0.1) is 0 Å². The Morgan fingerprint density at radius 2 is 1.86 bits per heavy atom. The summed E-state index contributed by atoms with van der Waals surface area (Å²) in [6, 6.07) is 8.17. The predicted molar refractivity (Wildman–Crippen MR) is 102 cm³/mol. The highest BCUT2D eigenvalue weighted by Crippen LogP contribution is 2.26. The molecule has 0 saturated heterocycles. The molecule has 0 saturated carbocycles. The molecule has 3 aromatic rings. The first-order valence-corrected chi connectivity index (χ1v) is 8.79. The number of aromatic nitrogens is 3. The average Bonchev–Trinajstić information content (AvgIpc) is 3.21. The molecule has 2 aromatic heterocycles. The Labute approximate surface area is 162 Å². The standard InChI is InChI=1S/C20H22N4O4/c1-12(2)17(20-23-18(24-28-20)13-6-5-7-21-11-13)22-19(25)14-8-15(26-3)10-16(9-14)27-4/h5-12,17H,1-4H3,(H,22,25). The molecule has 146 valence electrons. The van der Waals surface area contributed by atoms with Crippen LogP contribution in [0.5, 0.6) is 11.5 Å². The van der Waals surface area contributed by atoms with E-state index in [1.165, 1.54) is 14.2 Å². The molecule has 0 aliphatic rings. The zero-order valence-corrected chi connectivity index (χ0v) is 16.2. The highest BCUT2D eigenvalue weighted by molar-refractivity contribution is 5.95. The molecule has 2 heterocycles. The normalized spacial score (nSPS) is 11.9. The second-order valence-electron chi connectivity index (χ2n) is 6.49. The maximum absolute atomic E-state index is 12.8. The van der Waals surface area contributed by atoms with Crippen molar-refractivity contribution in [1.82, 2.24) is 20.4 Å². The minimum atomic E-state index is -0.456. The summed E-state index contributed by atoms with van der Waals surface area (Å²) in [7, 11) is 3.07. The first-order valence-electron chi connectivity index (χ1n) is 8.79. The van der Waals surface area contributed by atoms with Gasteiger partial charge in [0.15, 0.2) is 0 Å². The maximum Gasteiger partial charge on any atom is 0.252 e. The van der Waals surface area contributed by atoms with Gasteiger partial charge in [-0.25, -0.2) is 0 Å². The van der Waals surface area contributed by atoms with Crippen LogP contribution in [0.4, 0.5) is 0 Å². The van der Waals surface area contributed by atoms with Crippen molar-refractivity contribution in [2.24, 2.45) is 5.92 Å². The van der Waals surface area contributed by atoms with E-state index >= 15 is 0 Å². The van der Waals surface area contributed by atoms with Crippen molar-refractivity contribution in [3.63, 3.8) is 0 Å². The number of carbonyl (C=O) groups excluding carboxylic acids is 1. The summed E-state index contributed by atoms with van der Waals surface area (Å²) in [5, 5.41) is 6.96. The molecular weight excluding hydrogens is 360 g/mol. The van der Waals surface area contributed by atoms with Gasteiger partial charge in [-0.1, -0.05) is 19.0 Å². The Hall–Kier alpha value is -3.42. The van der Waals surface area contributed by atoms with E-state index in [4.69, 9.17) is 14.0 Å². The molecule has 28 heavy (non-hydrogen) atoms. The number of hydrogen-bond donors (Lipinski definition) is 1. The molecule has 1 N–H and O–H groups in total. The lowest BCUT2D eigenvalue weighted by atomic mass is 10.0. The van der Waals surface area contributed by atoms with E-state index in [0.717, 1.165) is 5.56 Å². The molecule has 1 aromatic carbocycles. The Morgan fingerprint density at radius 1 is 1.14 bits per heavy atom. The molecule has 0 fully saturated rings. The number of carbonyl (C=O) groups is 1. The number of hydrogen-bond acceptors (Lipinski definition) is 7. The number of ether oxygens (including phenoxy) is 2. The van der Waals surface area contributed by atoms with Gasteiger partial charge < -0.3 is 19.3 Å². The zero-order chi connectivity index (χ0) is 20.1. The third-order valence-corrected chi connectivity index (χ3v) is 4.19. The number of methoxy groups -OCH3 is 2. The Kier molecular flexibility index (Phi) is 5.88. The lowest BCUT2D eigenvalue weighted by Gasteiger charge is -2.19. The lowest BCUT2D eigenvalue weighted by molar-refractivity contribution is 0.0913. The second-order valence-corrected chi connectivity index (χ2v) is 6.49. The third-order valence-electron chi connectivity index (χ3n) is 4.19. The van der Waals surface area contributed by atoms with Crippen molar-refractivity contribution in [3.8, 4) is 22.9 Å². The number of nitrogens with zero attached hydrogens (tertiary/aromatic N) is 3. The van der Waals surface area contributed by atoms with Gasteiger partial charge in [-0.2, -0.15) is 4.98 Å². The van der Waals surface area contributed by atoms with Crippen LogP contribution in [0.15, 0.2) is 47.2 Å². The lowest BCUT2D eigenvalue weighted by Crippen LogP contribution is -2.32. The number of amides is 1. The van der Waals surface area contributed by atoms with Crippen molar-refractivity contribution in [1.29, 1.82) is 0 Å². The summed E-state index contributed by atoms with van der Waals surface area (Å²) in [4.78, 5) is 21.3. The summed E-state index contributed by atoms with van der Waals surface area (Å²) in [5.41, 5.74) is 1.15. The molecule has 0 aliphatic carbocycles. The molecule has 1 amide bonds. The van der Waals surface area contributed by atoms with Crippen LogP contribution >= 0.6 is 0 Å². The number of nitrogens with one attached hydrogen (secondary N) is 1. The van der Waals surface area contributed by atoms with Crippen LogP contribution in [-0.4, -0.2) is 35.3 Å². The Balaban J connectivity index is 1.84. The SMILES string of the molecule is COc1cc(OC)cc(C(=O)NC(c2nc(-c3cccnc3)no2)C(C)C)c1. The van der Waals surface area contributed by atoms with Crippen LogP contribution in [0.3, 0.4) is 0 Å². The van der Waals surface area contributed by atoms with Gasteiger partial charge in [-0.05, 0) is 30.2 Å². The largest absolute Gasteiger partial charge is 0.497 e. The fourth-order valence-electron chi connectivity index (χ4n) is 2.65. The minimum absolute atomic E-state index is 0.0265. The predicted octanol–water partition coefficient (Wildman–Crippen LogP) is 3.28. The third kappa shape index (κ3) is 4.28. The minimum Gasteiger partial charge on any atom is -0.497 e. The Morgan fingerprint density at radius 3 is 2.43 bits per heavy atom. The van der Waals surface area contributed by atoms with Crippen LogP contribution in [0.25, 0.3) is 11.4 Å². The molecule has 0 bridgehead atoms. The zero-order valence-electron chi connectivity index (χ0n) is 16.2. The summed E-state index contributed by atoms with van der Waals surface area (Å²) in [6.07, 6.45) is 3.32. The topological polar surface area (TPSA) is 99.4 Å². The monoisotopic (exact) mass is 382 g/mol. The fourth-order valence-corrected chi connectivity index (χ4v) is 2.65. The van der Waals surface area contributed by atoms with Crippen molar-refractivity contribution < 1.29 is 18.8 Å². The first kappa shape index (κ1) is 19.3. The van der Waals surface area contributed by atoms with E-state index in [2.05, 4.69) is 20.4 Å². The summed E-state index contributed by atoms with van der Waals surface area (Å²) in [6.45, 7) is 3.93. The van der Waals surface area contributed by atoms with Crippen LogP contribution in [0, 0.1) is 5.92 Å². The van der Waals surface area contributed by atoms with Crippen LogP contribution < -0.4 is 14.8 Å². The molecule has 0 aliphatic heterocycles. The van der Waals surface area contributed by atoms with E-state index in [-0.39, 0.29) is 11.8 Å². The van der Waals surface area contributed by atoms with E-state index in [1.807, 2.05) is 19.9 Å². The maximum atomic E-state index is 12.8. The summed E-state index contributed by atoms with van der Waals surface area (Å²) >= 11 is 0. The van der Waals surface area contributed by atoms with Crippen LogP contribution in [0.1, 0.15) is 36.1 Å². The first-order chi connectivity index (χ1) is 13.5. The van der Waals surface area contributed by atoms with E-state index < -0.39 is 6.04 Å². The molecule has 1 unspecified atom stereocenters. The highest BCUT2D eigenvalue weighted by atomic mass is 16.5. The van der Waals surface area contributed by atoms with Gasteiger partial charge in [0.05, 0.1) is 14.2 Å². The Bertz CT molecular complexity index is 918. The molecule has 1 atom stereocenters.